The van der Waals surface area contributed by atoms with Gasteiger partial charge in [0.05, 0.1) is 11.3 Å². The lowest BCUT2D eigenvalue weighted by molar-refractivity contribution is -0.150. The molecule has 0 aliphatic heterocycles. The molecule has 8 nitrogen and oxygen atoms in total. The van der Waals surface area contributed by atoms with Crippen LogP contribution in [0.25, 0.3) is 0 Å². The lowest BCUT2D eigenvalue weighted by atomic mass is 10.1. The van der Waals surface area contributed by atoms with E-state index in [1.54, 1.807) is 62.4 Å². The summed E-state index contributed by atoms with van der Waals surface area (Å²) in [5.74, 6) is -1.57. The Morgan fingerprint density at radius 2 is 1.66 bits per heavy atom. The number of ether oxygens (including phenoxy) is 1. The van der Waals surface area contributed by atoms with Gasteiger partial charge in [-0.2, -0.15) is 5.26 Å². The summed E-state index contributed by atoms with van der Waals surface area (Å²) in [7, 11) is 0. The van der Waals surface area contributed by atoms with Crippen LogP contribution < -0.4 is 16.0 Å². The molecule has 0 unspecified atom stereocenters. The second kappa shape index (κ2) is 10.5. The average Bonchev–Trinajstić information content (AvgIpc) is 2.71. The van der Waals surface area contributed by atoms with E-state index in [2.05, 4.69) is 16.0 Å². The molecule has 150 valence electrons. The first kappa shape index (κ1) is 21.4. The summed E-state index contributed by atoms with van der Waals surface area (Å²) in [6, 6.07) is 15.7. The first-order chi connectivity index (χ1) is 13.9. The molecule has 0 aromatic heterocycles. The molecule has 0 aliphatic carbocycles. The number of nitriles is 1. The van der Waals surface area contributed by atoms with Crippen molar-refractivity contribution in [3.05, 3.63) is 60.2 Å². The van der Waals surface area contributed by atoms with Crippen LogP contribution in [0.1, 0.15) is 19.4 Å². The second-order valence-corrected chi connectivity index (χ2v) is 6.50. The minimum Gasteiger partial charge on any atom is -0.454 e. The molecule has 3 N–H and O–H groups in total. The molecule has 0 spiro atoms. The number of urea groups is 1. The van der Waals surface area contributed by atoms with Gasteiger partial charge < -0.3 is 20.7 Å². The van der Waals surface area contributed by atoms with Crippen LogP contribution in [0.15, 0.2) is 54.6 Å². The molecule has 2 aromatic rings. The topological polar surface area (TPSA) is 120 Å². The zero-order chi connectivity index (χ0) is 21.2. The largest absolute Gasteiger partial charge is 0.454 e. The number of anilines is 2. The summed E-state index contributed by atoms with van der Waals surface area (Å²) in [4.78, 5) is 36.5. The fourth-order valence-corrected chi connectivity index (χ4v) is 2.43. The standard InChI is InChI=1S/C21H22N4O4/c1-14(2)19(25-21(28)23-16-9-4-3-5-10-16)20(27)29-13-18(26)24-17-11-7-6-8-15(17)12-22/h3-11,14,19H,13H2,1-2H3,(H,24,26)(H2,23,25,28)/t19-/m0/s1. The van der Waals surface area contributed by atoms with E-state index in [0.29, 0.717) is 16.9 Å². The van der Waals surface area contributed by atoms with Crippen molar-refractivity contribution in [2.75, 3.05) is 17.2 Å². The molecule has 0 radical (unpaired) electrons. The molecule has 0 fully saturated rings. The van der Waals surface area contributed by atoms with E-state index in [-0.39, 0.29) is 5.92 Å². The Morgan fingerprint density at radius 1 is 1.00 bits per heavy atom. The predicted molar refractivity (Wildman–Crippen MR) is 108 cm³/mol. The summed E-state index contributed by atoms with van der Waals surface area (Å²) in [5, 5.41) is 16.7. The number of para-hydroxylation sites is 2. The number of amides is 3. The van der Waals surface area contributed by atoms with Gasteiger partial charge in [-0.1, -0.05) is 44.2 Å². The van der Waals surface area contributed by atoms with Crippen LogP contribution in [-0.2, 0) is 14.3 Å². The van der Waals surface area contributed by atoms with E-state index in [1.807, 2.05) is 12.1 Å². The van der Waals surface area contributed by atoms with Crippen molar-refractivity contribution in [2.45, 2.75) is 19.9 Å². The average molecular weight is 394 g/mol. The second-order valence-electron chi connectivity index (χ2n) is 6.50. The minimum absolute atomic E-state index is 0.258. The van der Waals surface area contributed by atoms with E-state index < -0.39 is 30.6 Å². The van der Waals surface area contributed by atoms with Crippen molar-refractivity contribution in [2.24, 2.45) is 5.92 Å². The van der Waals surface area contributed by atoms with Gasteiger partial charge in [0.1, 0.15) is 12.1 Å². The number of nitrogens with one attached hydrogen (secondary N) is 3. The zero-order valence-electron chi connectivity index (χ0n) is 16.1. The smallest absolute Gasteiger partial charge is 0.329 e. The number of hydrogen-bond acceptors (Lipinski definition) is 5. The maximum atomic E-state index is 12.4. The van der Waals surface area contributed by atoms with Crippen LogP contribution in [0.3, 0.4) is 0 Å². The van der Waals surface area contributed by atoms with Crippen LogP contribution in [-0.4, -0.2) is 30.6 Å². The first-order valence-corrected chi connectivity index (χ1v) is 8.99. The Kier molecular flexibility index (Phi) is 7.74. The lowest BCUT2D eigenvalue weighted by Crippen LogP contribution is -2.47. The third kappa shape index (κ3) is 6.66. The van der Waals surface area contributed by atoms with Crippen molar-refractivity contribution in [3.8, 4) is 6.07 Å². The molecule has 0 heterocycles. The Morgan fingerprint density at radius 3 is 2.31 bits per heavy atom. The van der Waals surface area contributed by atoms with Crippen LogP contribution >= 0.6 is 0 Å². The third-order valence-corrected chi connectivity index (χ3v) is 3.91. The van der Waals surface area contributed by atoms with E-state index in [0.717, 1.165) is 0 Å². The minimum atomic E-state index is -0.932. The number of esters is 1. The maximum absolute atomic E-state index is 12.4. The predicted octanol–water partition coefficient (Wildman–Crippen LogP) is 2.89. The highest BCUT2D eigenvalue weighted by molar-refractivity contribution is 5.95. The van der Waals surface area contributed by atoms with Crippen LogP contribution in [0.5, 0.6) is 0 Å². The molecule has 2 rings (SSSR count). The van der Waals surface area contributed by atoms with E-state index in [1.165, 1.54) is 0 Å². The Hall–Kier alpha value is -3.86. The van der Waals surface area contributed by atoms with Crippen LogP contribution in [0.2, 0.25) is 0 Å². The van der Waals surface area contributed by atoms with Gasteiger partial charge in [0, 0.05) is 5.69 Å². The van der Waals surface area contributed by atoms with Crippen LogP contribution in [0.4, 0.5) is 16.2 Å². The van der Waals surface area contributed by atoms with Gasteiger partial charge in [-0.3, -0.25) is 4.79 Å². The van der Waals surface area contributed by atoms with Gasteiger partial charge in [-0.05, 0) is 30.2 Å². The van der Waals surface area contributed by atoms with Crippen molar-refractivity contribution < 1.29 is 19.1 Å². The first-order valence-electron chi connectivity index (χ1n) is 8.99. The third-order valence-electron chi connectivity index (χ3n) is 3.91. The van der Waals surface area contributed by atoms with Crippen molar-refractivity contribution in [1.29, 1.82) is 5.26 Å². The lowest BCUT2D eigenvalue weighted by Gasteiger charge is -2.21. The fraction of sp³-hybridized carbons (Fsp3) is 0.238. The normalized spacial score (nSPS) is 11.1. The number of carbonyl (C=O) groups excluding carboxylic acids is 3. The number of rotatable bonds is 7. The molecule has 3 amide bonds. The molecular weight excluding hydrogens is 372 g/mol. The highest BCUT2D eigenvalue weighted by Crippen LogP contribution is 2.13. The summed E-state index contributed by atoms with van der Waals surface area (Å²) in [6.07, 6.45) is 0. The van der Waals surface area contributed by atoms with Gasteiger partial charge in [0.15, 0.2) is 6.61 Å². The van der Waals surface area contributed by atoms with Crippen molar-refractivity contribution in [1.82, 2.24) is 5.32 Å². The molecule has 8 heteroatoms. The van der Waals surface area contributed by atoms with Gasteiger partial charge in [0.2, 0.25) is 0 Å². The maximum Gasteiger partial charge on any atom is 0.329 e. The molecule has 0 saturated carbocycles. The SMILES string of the molecule is CC(C)[C@H](NC(=O)Nc1ccccc1)C(=O)OCC(=O)Nc1ccccc1C#N. The summed E-state index contributed by atoms with van der Waals surface area (Å²) >= 11 is 0. The van der Waals surface area contributed by atoms with Gasteiger partial charge in [0.25, 0.3) is 5.91 Å². The van der Waals surface area contributed by atoms with Gasteiger partial charge >= 0.3 is 12.0 Å². The van der Waals surface area contributed by atoms with Crippen molar-refractivity contribution >= 4 is 29.3 Å². The zero-order valence-corrected chi connectivity index (χ0v) is 16.1. The molecule has 1 atom stereocenters. The number of benzene rings is 2. The van der Waals surface area contributed by atoms with Crippen molar-refractivity contribution in [3.63, 3.8) is 0 Å². The molecule has 0 saturated heterocycles. The van der Waals surface area contributed by atoms with Gasteiger partial charge in [-0.15, -0.1) is 0 Å². The number of carbonyl (C=O) groups is 3. The number of hydrogen-bond donors (Lipinski definition) is 3. The monoisotopic (exact) mass is 394 g/mol. The highest BCUT2D eigenvalue weighted by atomic mass is 16.5. The van der Waals surface area contributed by atoms with E-state index >= 15 is 0 Å². The molecule has 2 aromatic carbocycles. The Labute approximate surface area is 168 Å². The summed E-state index contributed by atoms with van der Waals surface area (Å²) in [6.45, 7) is 2.96. The van der Waals surface area contributed by atoms with E-state index in [4.69, 9.17) is 10.00 Å². The fourth-order valence-electron chi connectivity index (χ4n) is 2.43. The van der Waals surface area contributed by atoms with E-state index in [9.17, 15) is 14.4 Å². The molecular formula is C21H22N4O4. The summed E-state index contributed by atoms with van der Waals surface area (Å²) < 4.78 is 5.05. The number of nitrogens with zero attached hydrogens (tertiary/aromatic N) is 1. The molecule has 29 heavy (non-hydrogen) atoms. The summed E-state index contributed by atoms with van der Waals surface area (Å²) in [5.41, 5.74) is 1.21. The Balaban J connectivity index is 1.89. The Bertz CT molecular complexity index is 906. The van der Waals surface area contributed by atoms with Gasteiger partial charge in [-0.25, -0.2) is 9.59 Å². The molecule has 0 bridgehead atoms. The highest BCUT2D eigenvalue weighted by Gasteiger charge is 2.26. The van der Waals surface area contributed by atoms with Crippen LogP contribution in [0, 0.1) is 17.2 Å². The quantitative estimate of drug-likeness (QED) is 0.624. The molecule has 0 aliphatic rings.